The minimum Gasteiger partial charge on any atom is -0.472 e. The summed E-state index contributed by atoms with van der Waals surface area (Å²) in [5.74, 6) is 5.90. The van der Waals surface area contributed by atoms with Gasteiger partial charge in [0, 0.05) is 37.3 Å². The van der Waals surface area contributed by atoms with Crippen molar-refractivity contribution in [1.29, 1.82) is 0 Å². The van der Waals surface area contributed by atoms with E-state index in [0.717, 1.165) is 5.56 Å². The maximum atomic E-state index is 13.5. The number of aliphatic hydroxyl groups is 1. The number of ether oxygens (including phenoxy) is 1. The number of aliphatic hydroxyl groups excluding tert-OH is 1. The van der Waals surface area contributed by atoms with Gasteiger partial charge in [0.2, 0.25) is 5.88 Å². The van der Waals surface area contributed by atoms with E-state index >= 15 is 0 Å². The molecule has 0 saturated heterocycles. The Hall–Kier alpha value is -2.99. The minimum absolute atomic E-state index is 0.0156. The number of benzene rings is 1. The molecule has 0 spiro atoms. The molecule has 1 aromatic carbocycles. The fourth-order valence-corrected chi connectivity index (χ4v) is 3.96. The average Bonchev–Trinajstić information content (AvgIpc) is 2.82. The molecule has 2 aromatic rings. The number of carbonyl (C=O) groups excluding carboxylic acids is 1. The van der Waals surface area contributed by atoms with E-state index in [1.54, 1.807) is 29.3 Å². The lowest BCUT2D eigenvalue weighted by Gasteiger charge is -2.37. The number of pyridine rings is 1. The van der Waals surface area contributed by atoms with Crippen molar-refractivity contribution in [1.82, 2.24) is 19.7 Å². The second kappa shape index (κ2) is 12.1. The molecule has 1 N–H and O–H groups in total. The number of rotatable bonds is 7. The third-order valence-electron chi connectivity index (χ3n) is 6.01. The van der Waals surface area contributed by atoms with E-state index in [0.29, 0.717) is 37.3 Å². The Morgan fingerprint density at radius 2 is 2.00 bits per heavy atom. The molecule has 0 unspecified atom stereocenters. The molecule has 1 aromatic heterocycles. The normalized spacial score (nSPS) is 18.9. The number of hydrogen-bond acceptors (Lipinski definition) is 6. The largest absolute Gasteiger partial charge is 0.472 e. The molecular formula is C27H35FN4O3. The van der Waals surface area contributed by atoms with Gasteiger partial charge in [-0.1, -0.05) is 30.9 Å². The zero-order chi connectivity index (χ0) is 25.5. The van der Waals surface area contributed by atoms with Gasteiger partial charge in [0.05, 0.1) is 19.2 Å². The molecule has 7 nitrogen and oxygen atoms in total. The molecule has 1 aliphatic heterocycles. The van der Waals surface area contributed by atoms with E-state index in [1.165, 1.54) is 12.1 Å². The molecule has 0 fully saturated rings. The van der Waals surface area contributed by atoms with Crippen molar-refractivity contribution in [2.45, 2.75) is 32.5 Å². The van der Waals surface area contributed by atoms with Gasteiger partial charge < -0.3 is 14.7 Å². The van der Waals surface area contributed by atoms with Crippen molar-refractivity contribution in [3.05, 3.63) is 59.0 Å². The van der Waals surface area contributed by atoms with Gasteiger partial charge in [0.15, 0.2) is 0 Å². The quantitative estimate of drug-likeness (QED) is 0.612. The van der Waals surface area contributed by atoms with E-state index in [1.807, 2.05) is 39.9 Å². The second-order valence-corrected chi connectivity index (χ2v) is 9.56. The van der Waals surface area contributed by atoms with Crippen molar-refractivity contribution < 1.29 is 19.0 Å². The number of fused-ring (bicyclic) bond motifs is 1. The first kappa shape index (κ1) is 26.6. The van der Waals surface area contributed by atoms with E-state index in [2.05, 4.69) is 21.7 Å². The smallest absolute Gasteiger partial charge is 0.259 e. The standard InChI is InChI=1S/C27H35FN4O3/c1-19-15-32(20(2)18-33)27(34)24-13-22(7-6-12-30(3)4)14-29-26(24)35-25(19)17-31(5)16-21-8-10-23(28)11-9-21/h8-11,13-14,19-20,25,33H,12,15-18H2,1-5H3/t19-,20-,25+/m1/s1. The van der Waals surface area contributed by atoms with Crippen molar-refractivity contribution in [2.75, 3.05) is 47.4 Å². The van der Waals surface area contributed by atoms with Crippen LogP contribution in [0.15, 0.2) is 36.5 Å². The van der Waals surface area contributed by atoms with Gasteiger partial charge in [-0.3, -0.25) is 14.6 Å². The van der Waals surface area contributed by atoms with Crippen LogP contribution in [0, 0.1) is 23.6 Å². The van der Waals surface area contributed by atoms with Crippen LogP contribution in [0.2, 0.25) is 0 Å². The molecule has 0 bridgehead atoms. The van der Waals surface area contributed by atoms with E-state index in [9.17, 15) is 14.3 Å². The lowest BCUT2D eigenvalue weighted by molar-refractivity contribution is 0.0325. The van der Waals surface area contributed by atoms with Crippen LogP contribution in [0.3, 0.4) is 0 Å². The van der Waals surface area contributed by atoms with Crippen molar-refractivity contribution >= 4 is 5.91 Å². The Bertz CT molecular complexity index is 1060. The highest BCUT2D eigenvalue weighted by atomic mass is 19.1. The molecule has 3 atom stereocenters. The molecule has 1 amide bonds. The van der Waals surface area contributed by atoms with Gasteiger partial charge in [-0.15, -0.1) is 0 Å². The van der Waals surface area contributed by atoms with Gasteiger partial charge in [0.25, 0.3) is 5.91 Å². The summed E-state index contributed by atoms with van der Waals surface area (Å²) in [4.78, 5) is 23.7. The Labute approximate surface area is 207 Å². The molecule has 0 aliphatic carbocycles. The van der Waals surface area contributed by atoms with Gasteiger partial charge in [-0.25, -0.2) is 9.37 Å². The van der Waals surface area contributed by atoms with Crippen LogP contribution in [0.5, 0.6) is 5.88 Å². The topological polar surface area (TPSA) is 69.1 Å². The van der Waals surface area contributed by atoms with Gasteiger partial charge in [-0.2, -0.15) is 0 Å². The first-order valence-corrected chi connectivity index (χ1v) is 11.8. The molecule has 188 valence electrons. The maximum absolute atomic E-state index is 13.5. The summed E-state index contributed by atoms with van der Waals surface area (Å²) in [5.41, 5.74) is 1.98. The molecule has 0 radical (unpaired) electrons. The van der Waals surface area contributed by atoms with Crippen LogP contribution in [0.1, 0.15) is 35.3 Å². The molecule has 35 heavy (non-hydrogen) atoms. The lowest BCUT2D eigenvalue weighted by Crippen LogP contribution is -2.49. The first-order chi connectivity index (χ1) is 16.7. The summed E-state index contributed by atoms with van der Waals surface area (Å²) >= 11 is 0. The predicted molar refractivity (Wildman–Crippen MR) is 134 cm³/mol. The van der Waals surface area contributed by atoms with Crippen LogP contribution in [0.25, 0.3) is 0 Å². The fraction of sp³-hybridized carbons (Fsp3) is 0.481. The molecule has 3 rings (SSSR count). The van der Waals surface area contributed by atoms with Crippen molar-refractivity contribution in [3.63, 3.8) is 0 Å². The van der Waals surface area contributed by atoms with Crippen molar-refractivity contribution in [2.24, 2.45) is 5.92 Å². The third kappa shape index (κ3) is 7.25. The monoisotopic (exact) mass is 482 g/mol. The van der Waals surface area contributed by atoms with Crippen LogP contribution in [-0.2, 0) is 6.54 Å². The summed E-state index contributed by atoms with van der Waals surface area (Å²) in [7, 11) is 5.86. The molecule has 1 aliphatic rings. The number of nitrogens with zero attached hydrogens (tertiary/aromatic N) is 4. The number of hydrogen-bond donors (Lipinski definition) is 1. The molecular weight excluding hydrogens is 447 g/mol. The molecule has 0 saturated carbocycles. The zero-order valence-corrected chi connectivity index (χ0v) is 21.2. The number of amides is 1. The van der Waals surface area contributed by atoms with Gasteiger partial charge in [-0.05, 0) is 51.8 Å². The fourth-order valence-electron chi connectivity index (χ4n) is 3.96. The average molecular weight is 483 g/mol. The van der Waals surface area contributed by atoms with Gasteiger partial charge in [0.1, 0.15) is 17.5 Å². The summed E-state index contributed by atoms with van der Waals surface area (Å²) < 4.78 is 19.6. The van der Waals surface area contributed by atoms with Crippen LogP contribution >= 0.6 is 0 Å². The molecule has 2 heterocycles. The Balaban J connectivity index is 1.88. The number of carbonyl (C=O) groups is 1. The number of aromatic nitrogens is 1. The van der Waals surface area contributed by atoms with E-state index < -0.39 is 0 Å². The van der Waals surface area contributed by atoms with Crippen molar-refractivity contribution in [3.8, 4) is 17.7 Å². The van der Waals surface area contributed by atoms with Gasteiger partial charge >= 0.3 is 0 Å². The second-order valence-electron chi connectivity index (χ2n) is 9.56. The summed E-state index contributed by atoms with van der Waals surface area (Å²) in [6.07, 6.45) is 1.37. The van der Waals surface area contributed by atoms with E-state index in [-0.39, 0.29) is 42.3 Å². The van der Waals surface area contributed by atoms with Crippen LogP contribution in [0.4, 0.5) is 4.39 Å². The minimum atomic E-state index is -0.350. The summed E-state index contributed by atoms with van der Waals surface area (Å²) in [6, 6.07) is 7.83. The Morgan fingerprint density at radius 1 is 1.29 bits per heavy atom. The summed E-state index contributed by atoms with van der Waals surface area (Å²) in [6.45, 7) is 5.96. The Morgan fingerprint density at radius 3 is 2.66 bits per heavy atom. The number of halogens is 1. The molecule has 8 heteroatoms. The predicted octanol–water partition coefficient (Wildman–Crippen LogP) is 2.49. The number of likely N-dealkylation sites (N-methyl/N-ethyl adjacent to an activating group) is 1. The highest BCUT2D eigenvalue weighted by Crippen LogP contribution is 2.27. The first-order valence-electron chi connectivity index (χ1n) is 11.8. The highest BCUT2D eigenvalue weighted by molar-refractivity contribution is 5.97. The highest BCUT2D eigenvalue weighted by Gasteiger charge is 2.34. The van der Waals surface area contributed by atoms with E-state index in [4.69, 9.17) is 4.74 Å². The lowest BCUT2D eigenvalue weighted by atomic mass is 9.99. The third-order valence-corrected chi connectivity index (χ3v) is 6.01. The summed E-state index contributed by atoms with van der Waals surface area (Å²) in [5, 5.41) is 9.82. The maximum Gasteiger partial charge on any atom is 0.259 e. The zero-order valence-electron chi connectivity index (χ0n) is 21.2. The Kier molecular flexibility index (Phi) is 9.21. The SMILES string of the molecule is C[C@@H]1CN([C@H](C)CO)C(=O)c2cc(C#CCN(C)C)cnc2O[C@H]1CN(C)Cc1ccc(F)cc1. The van der Waals surface area contributed by atoms with Crippen LogP contribution in [-0.4, -0.2) is 90.2 Å². The van der Waals surface area contributed by atoms with Crippen LogP contribution < -0.4 is 4.74 Å².